The van der Waals surface area contributed by atoms with Crippen LogP contribution in [0, 0.1) is 11.6 Å². The highest BCUT2D eigenvalue weighted by Crippen LogP contribution is 2.29. The summed E-state index contributed by atoms with van der Waals surface area (Å²) in [5.41, 5.74) is 1.23. The minimum atomic E-state index is -0.933. The van der Waals surface area contributed by atoms with Gasteiger partial charge in [-0.05, 0) is 29.8 Å². The Morgan fingerprint density at radius 3 is 2.66 bits per heavy atom. The summed E-state index contributed by atoms with van der Waals surface area (Å²) in [6, 6.07) is 9.49. The highest BCUT2D eigenvalue weighted by molar-refractivity contribution is 8.00. The van der Waals surface area contributed by atoms with Crippen LogP contribution in [0.3, 0.4) is 0 Å². The van der Waals surface area contributed by atoms with Crippen molar-refractivity contribution >= 4 is 40.5 Å². The summed E-state index contributed by atoms with van der Waals surface area (Å²) in [5, 5.41) is 8.65. The number of halogens is 2. The van der Waals surface area contributed by atoms with Crippen LogP contribution in [0.1, 0.15) is 15.9 Å². The maximum Gasteiger partial charge on any atom is 0.343 e. The fourth-order valence-electron chi connectivity index (χ4n) is 2.08. The molecule has 0 radical (unpaired) electrons. The number of hydrogen-bond acceptors (Lipinski definition) is 7. The Labute approximate surface area is 174 Å². The fourth-order valence-corrected chi connectivity index (χ4v) is 3.71. The topological polar surface area (TPSA) is 67.7 Å². The lowest BCUT2D eigenvalue weighted by Crippen LogP contribution is -2.09. The molecule has 0 aliphatic rings. The van der Waals surface area contributed by atoms with Crippen LogP contribution in [-0.4, -0.2) is 41.5 Å². The van der Waals surface area contributed by atoms with Gasteiger partial charge in [0.1, 0.15) is 5.82 Å². The number of rotatable bonds is 7. The van der Waals surface area contributed by atoms with E-state index in [2.05, 4.69) is 15.2 Å². The monoisotopic (exact) mass is 434 g/mol. The molecule has 1 aromatic heterocycles. The minimum absolute atomic E-state index is 0.263. The van der Waals surface area contributed by atoms with Gasteiger partial charge in [-0.15, -0.1) is 10.2 Å². The molecule has 6 nitrogen and oxygen atoms in total. The first-order chi connectivity index (χ1) is 13.9. The summed E-state index contributed by atoms with van der Waals surface area (Å²) < 4.78 is 32.3. The van der Waals surface area contributed by atoms with E-state index in [4.69, 9.17) is 4.74 Å². The van der Waals surface area contributed by atoms with Gasteiger partial charge in [0.2, 0.25) is 5.13 Å². The van der Waals surface area contributed by atoms with E-state index < -0.39 is 17.6 Å². The van der Waals surface area contributed by atoms with Gasteiger partial charge in [0.25, 0.3) is 0 Å². The predicted molar refractivity (Wildman–Crippen MR) is 109 cm³/mol. The number of benzene rings is 2. The summed E-state index contributed by atoms with van der Waals surface area (Å²) in [5.74, 6) is -2.08. The molecule has 3 aromatic rings. The number of thioether (sulfide) groups is 1. The molecular formula is C19H16F2N4O2S2. The highest BCUT2D eigenvalue weighted by atomic mass is 32.2. The van der Waals surface area contributed by atoms with Crippen molar-refractivity contribution in [3.05, 3.63) is 65.2 Å². The van der Waals surface area contributed by atoms with E-state index in [0.29, 0.717) is 17.0 Å². The van der Waals surface area contributed by atoms with Crippen LogP contribution in [0.2, 0.25) is 0 Å². The second kappa shape index (κ2) is 9.57. The van der Waals surface area contributed by atoms with Crippen molar-refractivity contribution in [3.63, 3.8) is 0 Å². The number of carbonyl (C=O) groups is 1. The largest absolute Gasteiger partial charge is 0.420 e. The van der Waals surface area contributed by atoms with Gasteiger partial charge in [-0.2, -0.15) is 0 Å². The Morgan fingerprint density at radius 1 is 1.21 bits per heavy atom. The lowest BCUT2D eigenvalue weighted by Gasteiger charge is -2.06. The third-order valence-corrected chi connectivity index (χ3v) is 5.48. The molecule has 0 saturated heterocycles. The zero-order chi connectivity index (χ0) is 20.8. The Morgan fingerprint density at radius 2 is 1.97 bits per heavy atom. The average molecular weight is 434 g/mol. The maximum absolute atomic E-state index is 13.6. The molecule has 0 spiro atoms. The van der Waals surface area contributed by atoms with Gasteiger partial charge in [-0.3, -0.25) is 0 Å². The number of aliphatic imine (C=N–C) groups is 1. The van der Waals surface area contributed by atoms with Gasteiger partial charge >= 0.3 is 5.97 Å². The first-order valence-electron chi connectivity index (χ1n) is 8.34. The lowest BCUT2D eigenvalue weighted by molar-refractivity contribution is 0.0727. The van der Waals surface area contributed by atoms with Crippen molar-refractivity contribution < 1.29 is 18.3 Å². The zero-order valence-electron chi connectivity index (χ0n) is 15.5. The van der Waals surface area contributed by atoms with Crippen LogP contribution in [0.15, 0.2) is 51.8 Å². The van der Waals surface area contributed by atoms with Crippen LogP contribution in [0.25, 0.3) is 0 Å². The fraction of sp³-hybridized carbons (Fsp3) is 0.158. The van der Waals surface area contributed by atoms with Gasteiger partial charge in [-0.1, -0.05) is 35.2 Å². The average Bonchev–Trinajstić information content (AvgIpc) is 3.15. The van der Waals surface area contributed by atoms with E-state index >= 15 is 0 Å². The molecule has 0 atom stereocenters. The first kappa shape index (κ1) is 20.9. The molecule has 0 aliphatic heterocycles. The van der Waals surface area contributed by atoms with Crippen molar-refractivity contribution in [2.75, 3.05) is 14.1 Å². The highest BCUT2D eigenvalue weighted by Gasteiger charge is 2.13. The molecule has 0 N–H and O–H groups in total. The molecule has 150 valence electrons. The molecule has 3 rings (SSSR count). The number of nitrogens with zero attached hydrogens (tertiary/aromatic N) is 4. The van der Waals surface area contributed by atoms with Crippen molar-refractivity contribution in [2.24, 2.45) is 4.99 Å². The van der Waals surface area contributed by atoms with Crippen molar-refractivity contribution in [2.45, 2.75) is 10.1 Å². The van der Waals surface area contributed by atoms with Crippen LogP contribution < -0.4 is 4.74 Å². The number of carbonyl (C=O) groups excluding carboxylic acids is 1. The van der Waals surface area contributed by atoms with Crippen molar-refractivity contribution in [1.29, 1.82) is 0 Å². The van der Waals surface area contributed by atoms with E-state index in [1.807, 2.05) is 19.0 Å². The van der Waals surface area contributed by atoms with Gasteiger partial charge < -0.3 is 9.64 Å². The molecular weight excluding hydrogens is 418 g/mol. The molecule has 1 heterocycles. The minimum Gasteiger partial charge on any atom is -0.420 e. The molecule has 0 bridgehead atoms. The van der Waals surface area contributed by atoms with Gasteiger partial charge in [0.05, 0.1) is 11.9 Å². The molecule has 0 aliphatic carbocycles. The van der Waals surface area contributed by atoms with Crippen molar-refractivity contribution in [3.8, 4) is 5.75 Å². The molecule has 0 fully saturated rings. The number of ether oxygens (including phenoxy) is 1. The molecule has 29 heavy (non-hydrogen) atoms. The summed E-state index contributed by atoms with van der Waals surface area (Å²) in [4.78, 5) is 18.1. The molecule has 2 aromatic carbocycles. The van der Waals surface area contributed by atoms with Gasteiger partial charge in [-0.25, -0.2) is 18.6 Å². The van der Waals surface area contributed by atoms with Crippen LogP contribution in [0.4, 0.5) is 13.9 Å². The third-order valence-electron chi connectivity index (χ3n) is 3.44. The van der Waals surface area contributed by atoms with E-state index in [1.54, 1.807) is 30.6 Å². The summed E-state index contributed by atoms with van der Waals surface area (Å²) >= 11 is 2.89. The maximum atomic E-state index is 13.6. The van der Waals surface area contributed by atoms with E-state index in [1.165, 1.54) is 23.1 Å². The Balaban J connectivity index is 1.56. The molecule has 0 amide bonds. The zero-order valence-corrected chi connectivity index (χ0v) is 17.1. The van der Waals surface area contributed by atoms with Crippen molar-refractivity contribution in [1.82, 2.24) is 15.1 Å². The van der Waals surface area contributed by atoms with E-state index in [9.17, 15) is 13.6 Å². The van der Waals surface area contributed by atoms with Crippen LogP contribution in [0.5, 0.6) is 5.75 Å². The summed E-state index contributed by atoms with van der Waals surface area (Å²) in [7, 11) is 3.74. The molecule has 10 heteroatoms. The Kier molecular flexibility index (Phi) is 6.89. The third kappa shape index (κ3) is 6.06. The summed E-state index contributed by atoms with van der Waals surface area (Å²) in [6.07, 6.45) is 1.66. The Bertz CT molecular complexity index is 1020. The summed E-state index contributed by atoms with van der Waals surface area (Å²) in [6.45, 7) is 0. The predicted octanol–water partition coefficient (Wildman–Crippen LogP) is 4.55. The number of hydrogen-bond donors (Lipinski definition) is 0. The lowest BCUT2D eigenvalue weighted by atomic mass is 10.1. The molecule has 0 saturated carbocycles. The smallest absolute Gasteiger partial charge is 0.343 e. The number of aromatic nitrogens is 2. The van der Waals surface area contributed by atoms with Gasteiger partial charge in [0.15, 0.2) is 15.9 Å². The van der Waals surface area contributed by atoms with Gasteiger partial charge in [0, 0.05) is 25.9 Å². The normalized spacial score (nSPS) is 11.0. The second-order valence-corrected chi connectivity index (χ2v) is 8.19. The van der Waals surface area contributed by atoms with Crippen LogP contribution in [-0.2, 0) is 5.75 Å². The van der Waals surface area contributed by atoms with E-state index in [-0.39, 0.29) is 11.3 Å². The second-order valence-electron chi connectivity index (χ2n) is 6.01. The van der Waals surface area contributed by atoms with E-state index in [0.717, 1.165) is 22.0 Å². The Hall–Kier alpha value is -2.85. The SMILES string of the molecule is CN(C)C=Nc1nnc(SCc2ccc(C(=O)Oc3ccc(F)cc3F)cc2)s1. The first-order valence-corrected chi connectivity index (χ1v) is 10.1. The quantitative estimate of drug-likeness (QED) is 0.179. The van der Waals surface area contributed by atoms with Crippen LogP contribution >= 0.6 is 23.1 Å². The number of esters is 1. The standard InChI is InChI=1S/C19H16F2N4O2S2/c1-25(2)11-22-18-23-24-19(29-18)28-10-12-3-5-13(6-4-12)17(26)27-16-8-7-14(20)9-15(16)21/h3-9,11H,10H2,1-2H3. The molecule has 0 unspecified atom stereocenters.